The fourth-order valence-corrected chi connectivity index (χ4v) is 2.71. The van der Waals surface area contributed by atoms with Gasteiger partial charge in [0.25, 0.3) is 0 Å². The number of carbonyl (C=O) groups is 2. The van der Waals surface area contributed by atoms with Gasteiger partial charge in [0.1, 0.15) is 11.5 Å². The first kappa shape index (κ1) is 15.6. The average molecular weight is 400 g/mol. The summed E-state index contributed by atoms with van der Waals surface area (Å²) in [6.45, 7) is 1.82. The first-order valence-corrected chi connectivity index (χ1v) is 7.30. The zero-order chi connectivity index (χ0) is 15.6. The molecule has 2 aromatic rings. The highest BCUT2D eigenvalue weighted by atomic mass is 127. The van der Waals surface area contributed by atoms with Gasteiger partial charge in [-0.3, -0.25) is 9.59 Å². The maximum Gasteiger partial charge on any atom is 0.311 e. The summed E-state index contributed by atoms with van der Waals surface area (Å²) in [6, 6.07) is 6.88. The molecule has 0 spiro atoms. The molecule has 0 saturated heterocycles. The van der Waals surface area contributed by atoms with E-state index in [0.717, 1.165) is 16.3 Å². The maximum absolute atomic E-state index is 11.5. The molecular weight excluding hydrogens is 387 g/mol. The van der Waals surface area contributed by atoms with Crippen molar-refractivity contribution in [1.82, 2.24) is 0 Å². The number of phenolic OH excluding ortho intramolecular Hbond substituents is 1. The number of hydrogen-bond donors (Lipinski definition) is 2. The van der Waals surface area contributed by atoms with Crippen LogP contribution in [0.3, 0.4) is 0 Å². The minimum absolute atomic E-state index is 0.167. The predicted molar refractivity (Wildman–Crippen MR) is 85.6 cm³/mol. The number of aryl methyl sites for hydroxylation is 1. The average Bonchev–Trinajstić information content (AvgIpc) is 2.42. The van der Waals surface area contributed by atoms with Gasteiger partial charge in [-0.2, -0.15) is 0 Å². The number of carboxylic acids is 1. The van der Waals surface area contributed by atoms with Crippen LogP contribution >= 0.6 is 22.6 Å². The number of carbonyl (C=O) groups excluding carboxylic acids is 1. The highest BCUT2D eigenvalue weighted by Gasteiger charge is 2.11. The van der Waals surface area contributed by atoms with Crippen molar-refractivity contribution < 1.29 is 24.5 Å². The molecule has 110 valence electrons. The van der Waals surface area contributed by atoms with Crippen LogP contribution in [0.1, 0.15) is 18.4 Å². The van der Waals surface area contributed by atoms with Crippen molar-refractivity contribution in [2.45, 2.75) is 19.8 Å². The topological polar surface area (TPSA) is 83.8 Å². The summed E-state index contributed by atoms with van der Waals surface area (Å²) in [4.78, 5) is 21.9. The minimum atomic E-state index is -1.04. The lowest BCUT2D eigenvalue weighted by molar-refractivity contribution is -0.142. The molecule has 0 amide bonds. The third-order valence-corrected chi connectivity index (χ3v) is 3.89. The van der Waals surface area contributed by atoms with Gasteiger partial charge >= 0.3 is 11.9 Å². The van der Waals surface area contributed by atoms with Gasteiger partial charge in [-0.05, 0) is 64.0 Å². The van der Waals surface area contributed by atoms with Crippen molar-refractivity contribution in [1.29, 1.82) is 0 Å². The van der Waals surface area contributed by atoms with Crippen LogP contribution in [0.5, 0.6) is 11.5 Å². The zero-order valence-corrected chi connectivity index (χ0v) is 13.4. The van der Waals surface area contributed by atoms with Gasteiger partial charge in [0, 0.05) is 0 Å². The molecular formula is C15H13IO5. The number of halogens is 1. The molecule has 0 radical (unpaired) electrons. The van der Waals surface area contributed by atoms with Crippen LogP contribution in [-0.4, -0.2) is 22.2 Å². The van der Waals surface area contributed by atoms with Crippen molar-refractivity contribution in [3.8, 4) is 11.5 Å². The van der Waals surface area contributed by atoms with E-state index in [1.807, 2.05) is 29.5 Å². The van der Waals surface area contributed by atoms with Crippen LogP contribution in [-0.2, 0) is 9.59 Å². The zero-order valence-electron chi connectivity index (χ0n) is 11.2. The number of esters is 1. The second-order valence-corrected chi connectivity index (χ2v) is 5.74. The Kier molecular flexibility index (Phi) is 4.66. The number of phenols is 1. The minimum Gasteiger partial charge on any atom is -0.507 e. The fraction of sp³-hybridized carbons (Fsp3) is 0.200. The molecule has 0 saturated carbocycles. The van der Waals surface area contributed by atoms with E-state index in [-0.39, 0.29) is 18.6 Å². The molecule has 0 aliphatic carbocycles. The number of benzene rings is 2. The van der Waals surface area contributed by atoms with Crippen LogP contribution in [0, 0.1) is 10.5 Å². The van der Waals surface area contributed by atoms with E-state index in [4.69, 9.17) is 9.84 Å². The summed E-state index contributed by atoms with van der Waals surface area (Å²) >= 11 is 2.03. The van der Waals surface area contributed by atoms with E-state index in [1.165, 1.54) is 0 Å². The van der Waals surface area contributed by atoms with Crippen LogP contribution in [0.15, 0.2) is 24.3 Å². The Labute approximate surface area is 134 Å². The molecule has 5 nitrogen and oxygen atoms in total. The number of ether oxygens (including phenoxy) is 1. The number of aromatic hydroxyl groups is 1. The maximum atomic E-state index is 11.5. The van der Waals surface area contributed by atoms with E-state index >= 15 is 0 Å². The number of hydrogen-bond acceptors (Lipinski definition) is 4. The normalized spacial score (nSPS) is 10.6. The summed E-state index contributed by atoms with van der Waals surface area (Å²) in [6.07, 6.45) is -0.420. The quantitative estimate of drug-likeness (QED) is 0.468. The summed E-state index contributed by atoms with van der Waals surface area (Å²) in [5.41, 5.74) is 0.764. The molecule has 0 fully saturated rings. The summed E-state index contributed by atoms with van der Waals surface area (Å²) in [5, 5.41) is 20.1. The van der Waals surface area contributed by atoms with Gasteiger partial charge in [0.05, 0.1) is 16.4 Å². The molecule has 0 heterocycles. The lowest BCUT2D eigenvalue weighted by atomic mass is 10.0. The number of fused-ring (bicyclic) bond motifs is 1. The molecule has 0 unspecified atom stereocenters. The molecule has 0 aromatic heterocycles. The molecule has 2 rings (SSSR count). The van der Waals surface area contributed by atoms with Gasteiger partial charge in [0.2, 0.25) is 0 Å². The van der Waals surface area contributed by atoms with E-state index in [0.29, 0.717) is 9.32 Å². The van der Waals surface area contributed by atoms with Crippen LogP contribution in [0.4, 0.5) is 0 Å². The Morgan fingerprint density at radius 3 is 2.62 bits per heavy atom. The highest BCUT2D eigenvalue weighted by Crippen LogP contribution is 2.33. The number of rotatable bonds is 4. The van der Waals surface area contributed by atoms with Gasteiger partial charge in [-0.15, -0.1) is 0 Å². The standard InChI is InChI=1S/C15H13IO5/c1-8-11-3-2-10(21-14(19)5-4-13(17)18)6-9(11)7-12(16)15(8)20/h2-3,6-7,20H,4-5H2,1H3,(H,17,18). The van der Waals surface area contributed by atoms with Crippen LogP contribution in [0.2, 0.25) is 0 Å². The smallest absolute Gasteiger partial charge is 0.311 e. The Morgan fingerprint density at radius 2 is 1.95 bits per heavy atom. The van der Waals surface area contributed by atoms with Crippen molar-refractivity contribution >= 4 is 45.3 Å². The Bertz CT molecular complexity index is 724. The van der Waals surface area contributed by atoms with Crippen molar-refractivity contribution in [3.63, 3.8) is 0 Å². The monoisotopic (exact) mass is 400 g/mol. The second kappa shape index (κ2) is 6.30. The molecule has 0 aliphatic heterocycles. The number of aliphatic carboxylic acids is 1. The van der Waals surface area contributed by atoms with Gasteiger partial charge in [-0.1, -0.05) is 6.07 Å². The van der Waals surface area contributed by atoms with Crippen molar-refractivity contribution in [3.05, 3.63) is 33.4 Å². The van der Waals surface area contributed by atoms with Crippen molar-refractivity contribution in [2.75, 3.05) is 0 Å². The third kappa shape index (κ3) is 3.63. The van der Waals surface area contributed by atoms with E-state index in [2.05, 4.69) is 0 Å². The van der Waals surface area contributed by atoms with Crippen LogP contribution in [0.25, 0.3) is 10.8 Å². The molecule has 0 aliphatic rings. The lowest BCUT2D eigenvalue weighted by Crippen LogP contribution is -2.10. The first-order chi connectivity index (χ1) is 9.88. The van der Waals surface area contributed by atoms with Gasteiger partial charge < -0.3 is 14.9 Å². The largest absolute Gasteiger partial charge is 0.507 e. The molecule has 6 heteroatoms. The third-order valence-electron chi connectivity index (χ3n) is 3.07. The second-order valence-electron chi connectivity index (χ2n) is 4.58. The Hall–Kier alpha value is -1.83. The highest BCUT2D eigenvalue weighted by molar-refractivity contribution is 14.1. The van der Waals surface area contributed by atoms with Gasteiger partial charge in [-0.25, -0.2) is 0 Å². The fourth-order valence-electron chi connectivity index (χ4n) is 1.97. The number of carboxylic acid groups (broad SMARTS) is 1. The first-order valence-electron chi connectivity index (χ1n) is 6.23. The Balaban J connectivity index is 2.25. The van der Waals surface area contributed by atoms with E-state index in [1.54, 1.807) is 24.3 Å². The molecule has 2 N–H and O–H groups in total. The van der Waals surface area contributed by atoms with Gasteiger partial charge in [0.15, 0.2) is 0 Å². The summed E-state index contributed by atoms with van der Waals surface area (Å²) in [7, 11) is 0. The Morgan fingerprint density at radius 1 is 1.24 bits per heavy atom. The molecule has 0 bridgehead atoms. The van der Waals surface area contributed by atoms with Crippen molar-refractivity contribution in [2.24, 2.45) is 0 Å². The summed E-state index contributed by atoms with van der Waals surface area (Å²) in [5.74, 6) is -1.01. The summed E-state index contributed by atoms with van der Waals surface area (Å²) < 4.78 is 5.83. The molecule has 21 heavy (non-hydrogen) atoms. The van der Waals surface area contributed by atoms with E-state index in [9.17, 15) is 14.7 Å². The van der Waals surface area contributed by atoms with E-state index < -0.39 is 11.9 Å². The SMILES string of the molecule is Cc1c(O)c(I)cc2cc(OC(=O)CCC(=O)O)ccc12. The van der Waals surface area contributed by atoms with Crippen LogP contribution < -0.4 is 4.74 Å². The predicted octanol–water partition coefficient (Wildman–Crippen LogP) is 3.23. The molecule has 2 aromatic carbocycles. The lowest BCUT2D eigenvalue weighted by Gasteiger charge is -2.09. The molecule has 0 atom stereocenters.